The summed E-state index contributed by atoms with van der Waals surface area (Å²) in [7, 11) is 0. The monoisotopic (exact) mass is 333 g/mol. The van der Waals surface area contributed by atoms with Gasteiger partial charge in [-0.1, -0.05) is 96.1 Å². The molecule has 0 amide bonds. The van der Waals surface area contributed by atoms with Crippen LogP contribution in [0.25, 0.3) is 0 Å². The van der Waals surface area contributed by atoms with Gasteiger partial charge in [0.05, 0.1) is 0 Å². The first-order valence-electron chi connectivity index (χ1n) is 10.3. The van der Waals surface area contributed by atoms with Gasteiger partial charge in [0, 0.05) is 6.54 Å². The summed E-state index contributed by atoms with van der Waals surface area (Å²) >= 11 is 0. The maximum absolute atomic E-state index is 9.24. The van der Waals surface area contributed by atoms with E-state index in [9.17, 15) is 5.11 Å². The van der Waals surface area contributed by atoms with E-state index >= 15 is 0 Å². The van der Waals surface area contributed by atoms with E-state index in [2.05, 4.69) is 12.2 Å². The van der Waals surface area contributed by atoms with Crippen molar-refractivity contribution in [3.63, 3.8) is 0 Å². The first kappa shape index (κ1) is 21.0. The van der Waals surface area contributed by atoms with Crippen LogP contribution in [-0.2, 0) is 6.54 Å². The number of aromatic hydroxyl groups is 1. The third-order valence-corrected chi connectivity index (χ3v) is 4.72. The fraction of sp³-hybridized carbons (Fsp3) is 0.727. The number of unbranched alkanes of at least 4 members (excludes halogenated alkanes) is 12. The summed E-state index contributed by atoms with van der Waals surface area (Å²) in [6, 6.07) is 7.46. The third kappa shape index (κ3) is 12.4. The first-order valence-corrected chi connectivity index (χ1v) is 10.3. The van der Waals surface area contributed by atoms with Gasteiger partial charge in [-0.25, -0.2) is 0 Å². The second-order valence-corrected chi connectivity index (χ2v) is 7.09. The van der Waals surface area contributed by atoms with Crippen molar-refractivity contribution >= 4 is 0 Å². The van der Waals surface area contributed by atoms with E-state index in [4.69, 9.17) is 0 Å². The Balaban J connectivity index is 1.75. The Bertz CT molecular complexity index is 374. The molecule has 0 aliphatic carbocycles. The summed E-state index contributed by atoms with van der Waals surface area (Å²) in [5.74, 6) is 0.343. The molecule has 0 saturated heterocycles. The molecule has 0 spiro atoms. The minimum absolute atomic E-state index is 0.343. The highest BCUT2D eigenvalue weighted by Gasteiger charge is 1.95. The Kier molecular flexibility index (Phi) is 13.6. The summed E-state index contributed by atoms with van der Waals surface area (Å²) < 4.78 is 0. The average Bonchev–Trinajstić information content (AvgIpc) is 2.60. The highest BCUT2D eigenvalue weighted by Crippen LogP contribution is 2.12. The summed E-state index contributed by atoms with van der Waals surface area (Å²) in [6.45, 7) is 4.28. The van der Waals surface area contributed by atoms with Crippen molar-refractivity contribution in [3.05, 3.63) is 29.8 Å². The standard InChI is InChI=1S/C22H39NO/c1-2-3-4-5-6-7-8-9-10-11-12-13-14-19-23-20-21-15-17-22(24)18-16-21/h15-18,23-24H,2-14,19-20H2,1H3. The zero-order valence-corrected chi connectivity index (χ0v) is 15.9. The molecule has 0 aliphatic rings. The van der Waals surface area contributed by atoms with Crippen LogP contribution < -0.4 is 5.32 Å². The predicted octanol–water partition coefficient (Wildman–Crippen LogP) is 6.57. The maximum Gasteiger partial charge on any atom is 0.115 e. The van der Waals surface area contributed by atoms with Crippen molar-refractivity contribution in [2.45, 2.75) is 96.9 Å². The average molecular weight is 334 g/mol. The van der Waals surface area contributed by atoms with Crippen molar-refractivity contribution in [1.29, 1.82) is 0 Å². The minimum atomic E-state index is 0.343. The summed E-state index contributed by atoms with van der Waals surface area (Å²) in [4.78, 5) is 0. The van der Waals surface area contributed by atoms with Crippen LogP contribution in [0.3, 0.4) is 0 Å². The van der Waals surface area contributed by atoms with Crippen molar-refractivity contribution < 1.29 is 5.11 Å². The molecule has 1 aromatic rings. The van der Waals surface area contributed by atoms with Gasteiger partial charge in [0.1, 0.15) is 5.75 Å². The van der Waals surface area contributed by atoms with Crippen LogP contribution in [0.15, 0.2) is 24.3 Å². The molecule has 0 bridgehead atoms. The minimum Gasteiger partial charge on any atom is -0.508 e. The fourth-order valence-corrected chi connectivity index (χ4v) is 3.11. The van der Waals surface area contributed by atoms with Gasteiger partial charge < -0.3 is 10.4 Å². The highest BCUT2D eigenvalue weighted by molar-refractivity contribution is 5.25. The lowest BCUT2D eigenvalue weighted by atomic mass is 10.0. The van der Waals surface area contributed by atoms with Gasteiger partial charge in [0.2, 0.25) is 0 Å². The summed E-state index contributed by atoms with van der Waals surface area (Å²) in [6.07, 6.45) is 18.3. The van der Waals surface area contributed by atoms with Crippen LogP contribution in [0.2, 0.25) is 0 Å². The van der Waals surface area contributed by atoms with E-state index in [1.165, 1.54) is 89.0 Å². The quantitative estimate of drug-likeness (QED) is 0.335. The van der Waals surface area contributed by atoms with Crippen LogP contribution in [0.4, 0.5) is 0 Å². The molecule has 24 heavy (non-hydrogen) atoms. The van der Waals surface area contributed by atoms with E-state index in [-0.39, 0.29) is 0 Å². The Labute approximate surface area is 150 Å². The third-order valence-electron chi connectivity index (χ3n) is 4.72. The van der Waals surface area contributed by atoms with Gasteiger partial charge in [0.15, 0.2) is 0 Å². The zero-order chi connectivity index (χ0) is 17.3. The van der Waals surface area contributed by atoms with Crippen molar-refractivity contribution in [3.8, 4) is 5.75 Å². The largest absolute Gasteiger partial charge is 0.508 e. The molecule has 0 atom stereocenters. The zero-order valence-electron chi connectivity index (χ0n) is 15.9. The summed E-state index contributed by atoms with van der Waals surface area (Å²) in [5.41, 5.74) is 1.24. The molecule has 138 valence electrons. The lowest BCUT2D eigenvalue weighted by Crippen LogP contribution is -2.14. The van der Waals surface area contributed by atoms with Crippen LogP contribution in [0.1, 0.15) is 96.0 Å². The fourth-order valence-electron chi connectivity index (χ4n) is 3.11. The van der Waals surface area contributed by atoms with Crippen molar-refractivity contribution in [2.75, 3.05) is 6.54 Å². The number of hydrogen-bond donors (Lipinski definition) is 2. The molecule has 2 nitrogen and oxygen atoms in total. The number of hydrogen-bond acceptors (Lipinski definition) is 2. The van der Waals surface area contributed by atoms with Gasteiger partial charge in [-0.2, -0.15) is 0 Å². The van der Waals surface area contributed by atoms with Crippen molar-refractivity contribution in [2.24, 2.45) is 0 Å². The first-order chi connectivity index (χ1) is 11.8. The number of rotatable bonds is 16. The van der Waals surface area contributed by atoms with Crippen molar-refractivity contribution in [1.82, 2.24) is 5.32 Å². The van der Waals surface area contributed by atoms with Gasteiger partial charge in [0.25, 0.3) is 0 Å². The van der Waals surface area contributed by atoms with E-state index in [0.29, 0.717) is 5.75 Å². The van der Waals surface area contributed by atoms with Crippen LogP contribution in [0.5, 0.6) is 5.75 Å². The molecule has 2 heteroatoms. The molecule has 0 radical (unpaired) electrons. The molecule has 0 heterocycles. The molecule has 0 saturated carbocycles. The Morgan fingerprint density at radius 3 is 1.62 bits per heavy atom. The Morgan fingerprint density at radius 1 is 0.667 bits per heavy atom. The normalized spacial score (nSPS) is 11.0. The van der Waals surface area contributed by atoms with Gasteiger partial charge in [-0.3, -0.25) is 0 Å². The van der Waals surface area contributed by atoms with E-state index in [0.717, 1.165) is 13.1 Å². The maximum atomic E-state index is 9.24. The van der Waals surface area contributed by atoms with Crippen LogP contribution in [0, 0.1) is 0 Å². The predicted molar refractivity (Wildman–Crippen MR) is 106 cm³/mol. The topological polar surface area (TPSA) is 32.3 Å². The molecule has 0 unspecified atom stereocenters. The lowest BCUT2D eigenvalue weighted by Gasteiger charge is -2.05. The molecule has 1 aromatic carbocycles. The van der Waals surface area contributed by atoms with E-state index < -0.39 is 0 Å². The van der Waals surface area contributed by atoms with Gasteiger partial charge >= 0.3 is 0 Å². The second-order valence-electron chi connectivity index (χ2n) is 7.09. The van der Waals surface area contributed by atoms with Gasteiger partial charge in [-0.05, 0) is 30.7 Å². The molecule has 2 N–H and O–H groups in total. The Morgan fingerprint density at radius 2 is 1.12 bits per heavy atom. The molecule has 0 aromatic heterocycles. The number of benzene rings is 1. The van der Waals surface area contributed by atoms with Crippen LogP contribution >= 0.6 is 0 Å². The number of phenolic OH excluding ortho intramolecular Hbond substituents is 1. The van der Waals surface area contributed by atoms with E-state index in [1.807, 2.05) is 12.1 Å². The van der Waals surface area contributed by atoms with Crippen LogP contribution in [-0.4, -0.2) is 11.7 Å². The van der Waals surface area contributed by atoms with E-state index in [1.54, 1.807) is 12.1 Å². The highest BCUT2D eigenvalue weighted by atomic mass is 16.3. The molecular weight excluding hydrogens is 294 g/mol. The molecular formula is C22H39NO. The SMILES string of the molecule is CCCCCCCCCCCCCCCNCc1ccc(O)cc1. The second kappa shape index (κ2) is 15.5. The number of nitrogens with one attached hydrogen (secondary N) is 1. The summed E-state index contributed by atoms with van der Waals surface area (Å²) in [5, 5.41) is 12.7. The molecule has 1 rings (SSSR count). The Hall–Kier alpha value is -1.02. The molecule has 0 fully saturated rings. The number of phenols is 1. The van der Waals surface area contributed by atoms with Gasteiger partial charge in [-0.15, -0.1) is 0 Å². The smallest absolute Gasteiger partial charge is 0.115 e. The lowest BCUT2D eigenvalue weighted by molar-refractivity contribution is 0.475. The molecule has 0 aliphatic heterocycles.